The number of hydrogen-bond acceptors (Lipinski definition) is 2. The molecular weight excluding hydrogens is 236 g/mol. The molecule has 2 heteroatoms. The van der Waals surface area contributed by atoms with Gasteiger partial charge in [0.05, 0.1) is 12.2 Å². The molecule has 1 aromatic rings. The first-order valence-corrected chi connectivity index (χ1v) is 7.04. The van der Waals surface area contributed by atoms with E-state index >= 15 is 0 Å². The van der Waals surface area contributed by atoms with Crippen LogP contribution in [0.2, 0.25) is 0 Å². The molecule has 0 radical (unpaired) electrons. The van der Waals surface area contributed by atoms with Crippen molar-refractivity contribution in [1.29, 1.82) is 0 Å². The van der Waals surface area contributed by atoms with Crippen LogP contribution in [-0.2, 0) is 9.47 Å². The highest BCUT2D eigenvalue weighted by Gasteiger charge is 2.62. The lowest BCUT2D eigenvalue weighted by Crippen LogP contribution is -2.39. The Morgan fingerprint density at radius 2 is 1.95 bits per heavy atom. The third-order valence-corrected chi connectivity index (χ3v) is 4.03. The van der Waals surface area contributed by atoms with Gasteiger partial charge in [-0.05, 0) is 25.8 Å². The summed E-state index contributed by atoms with van der Waals surface area (Å²) in [4.78, 5) is 0. The molecule has 1 spiro atoms. The fraction of sp³-hybridized carbons (Fsp3) is 0.529. The Kier molecular flexibility index (Phi) is 2.93. The second-order valence-electron chi connectivity index (χ2n) is 5.68. The second kappa shape index (κ2) is 4.77. The molecule has 1 saturated heterocycles. The maximum atomic E-state index is 8.36. The molecule has 0 amide bonds. The van der Waals surface area contributed by atoms with Crippen molar-refractivity contribution in [2.45, 2.75) is 50.6 Å². The number of benzene rings is 1. The highest BCUT2D eigenvalue weighted by atomic mass is 16.7. The third-order valence-electron chi connectivity index (χ3n) is 4.03. The minimum absolute atomic E-state index is 0.0348. The van der Waals surface area contributed by atoms with Crippen LogP contribution in [0.25, 0.3) is 0 Å². The largest absolute Gasteiger partial charge is 0.347 e. The smallest absolute Gasteiger partial charge is 0.173 e. The summed E-state index contributed by atoms with van der Waals surface area (Å²) < 4.78 is 20.4. The Hall–Kier alpha value is -1.12. The van der Waals surface area contributed by atoms with Crippen molar-refractivity contribution in [2.75, 3.05) is 0 Å². The van der Waals surface area contributed by atoms with E-state index in [9.17, 15) is 0 Å². The van der Waals surface area contributed by atoms with Gasteiger partial charge in [0.15, 0.2) is 5.79 Å². The van der Waals surface area contributed by atoms with Crippen LogP contribution >= 0.6 is 0 Å². The summed E-state index contributed by atoms with van der Waals surface area (Å²) in [5, 5.41) is 0. The molecule has 19 heavy (non-hydrogen) atoms. The first kappa shape index (κ1) is 11.7. The van der Waals surface area contributed by atoms with Gasteiger partial charge in [0.25, 0.3) is 0 Å². The number of rotatable bonds is 3. The molecule has 0 N–H and O–H groups in total. The van der Waals surface area contributed by atoms with Gasteiger partial charge in [0.2, 0.25) is 0 Å². The van der Waals surface area contributed by atoms with Crippen LogP contribution in [0.5, 0.6) is 0 Å². The van der Waals surface area contributed by atoms with E-state index in [-0.39, 0.29) is 30.4 Å². The van der Waals surface area contributed by atoms with Gasteiger partial charge in [-0.3, -0.25) is 0 Å². The summed E-state index contributed by atoms with van der Waals surface area (Å²) in [6, 6.07) is 10.2. The second-order valence-corrected chi connectivity index (χ2v) is 5.68. The van der Waals surface area contributed by atoms with Gasteiger partial charge in [0, 0.05) is 19.6 Å². The summed E-state index contributed by atoms with van der Waals surface area (Å²) in [6.45, 7) is 8.08. The molecule has 0 unspecified atom stereocenters. The number of hydrogen-bond donors (Lipinski definition) is 0. The topological polar surface area (TPSA) is 18.5 Å². The summed E-state index contributed by atoms with van der Waals surface area (Å²) in [6.07, 6.45) is 2.78. The van der Waals surface area contributed by atoms with E-state index in [2.05, 4.69) is 32.6 Å². The lowest BCUT2D eigenvalue weighted by Gasteiger charge is -2.34. The van der Waals surface area contributed by atoms with E-state index < -0.39 is 5.79 Å². The van der Waals surface area contributed by atoms with Crippen molar-refractivity contribution in [3.8, 4) is 0 Å². The van der Waals surface area contributed by atoms with Gasteiger partial charge >= 0.3 is 0 Å². The van der Waals surface area contributed by atoms with Gasteiger partial charge in [-0.2, -0.15) is 0 Å². The average molecular weight is 259 g/mol. The van der Waals surface area contributed by atoms with E-state index in [0.29, 0.717) is 0 Å². The van der Waals surface area contributed by atoms with Gasteiger partial charge in [-0.15, -0.1) is 6.58 Å². The van der Waals surface area contributed by atoms with Gasteiger partial charge in [-0.25, -0.2) is 0 Å². The average Bonchev–Trinajstić information content (AvgIpc) is 2.94. The van der Waals surface area contributed by atoms with E-state index in [1.807, 2.05) is 24.3 Å². The Balaban J connectivity index is 1.86. The van der Waals surface area contributed by atoms with Crippen LogP contribution in [-0.4, -0.2) is 18.0 Å². The number of allylic oxidation sites excluding steroid dienone is 1. The first-order chi connectivity index (χ1) is 9.58. The van der Waals surface area contributed by atoms with Crippen molar-refractivity contribution in [1.82, 2.24) is 0 Å². The predicted molar refractivity (Wildman–Crippen MR) is 75.9 cm³/mol. The highest BCUT2D eigenvalue weighted by Crippen LogP contribution is 2.58. The molecule has 1 heterocycles. The highest BCUT2D eigenvalue weighted by molar-refractivity contribution is 5.28. The molecule has 1 aromatic carbocycles. The van der Waals surface area contributed by atoms with Crippen molar-refractivity contribution < 1.29 is 10.8 Å². The van der Waals surface area contributed by atoms with Gasteiger partial charge < -0.3 is 9.47 Å². The van der Waals surface area contributed by atoms with Gasteiger partial charge in [0.1, 0.15) is 0 Å². The third kappa shape index (κ3) is 2.35. The number of ether oxygens (including phenoxy) is 2. The molecule has 2 aliphatic rings. The van der Waals surface area contributed by atoms with E-state index in [1.165, 1.54) is 5.56 Å². The van der Waals surface area contributed by atoms with Crippen LogP contribution < -0.4 is 0 Å². The van der Waals surface area contributed by atoms with Crippen LogP contribution in [0.3, 0.4) is 0 Å². The maximum Gasteiger partial charge on any atom is 0.173 e. The first-order valence-electron chi connectivity index (χ1n) is 7.61. The maximum absolute atomic E-state index is 8.36. The van der Waals surface area contributed by atoms with Crippen molar-refractivity contribution in [2.24, 2.45) is 5.92 Å². The Labute approximate surface area is 116 Å². The van der Waals surface area contributed by atoms with Crippen LogP contribution in [0.4, 0.5) is 0 Å². The van der Waals surface area contributed by atoms with E-state index in [4.69, 9.17) is 10.8 Å². The minimum atomic E-state index is -0.730. The van der Waals surface area contributed by atoms with Crippen molar-refractivity contribution >= 4 is 0 Å². The minimum Gasteiger partial charge on any atom is -0.347 e. The van der Waals surface area contributed by atoms with Crippen LogP contribution in [0, 0.1) is 5.92 Å². The quantitative estimate of drug-likeness (QED) is 0.767. The molecule has 0 aromatic heterocycles. The SMILES string of the molecule is [2H][C@@H]1[C@H]([C@@H](C=C)c2ccccc2)C12O[C@H](C)C[C@@H](C)O2. The van der Waals surface area contributed by atoms with Crippen molar-refractivity contribution in [3.05, 3.63) is 48.6 Å². The Bertz CT molecular complexity index is 477. The predicted octanol–water partition coefficient (Wildman–Crippen LogP) is 3.89. The lowest BCUT2D eigenvalue weighted by molar-refractivity contribution is -0.263. The standard InChI is InChI=1S/C17H22O2/c1-4-15(14-8-6-5-7-9-14)16-11-17(16)18-12(2)10-13(3)19-17/h4-9,12-13,15-16H,1,10-11H2,2-3H3/t12-,13-,15+,16-/m1/s1/i11D/t11-,12-,13-,15+,16-. The van der Waals surface area contributed by atoms with E-state index in [0.717, 1.165) is 6.42 Å². The molecule has 1 aliphatic carbocycles. The molecular formula is C17H22O2. The molecule has 5 atom stereocenters. The summed E-state index contributed by atoms with van der Waals surface area (Å²) in [5.74, 6) is -0.588. The van der Waals surface area contributed by atoms with Gasteiger partial charge in [-0.1, -0.05) is 36.4 Å². The lowest BCUT2D eigenvalue weighted by atomic mass is 9.93. The zero-order valence-electron chi connectivity index (χ0n) is 12.6. The van der Waals surface area contributed by atoms with Crippen LogP contribution in [0.15, 0.2) is 43.0 Å². The summed E-state index contributed by atoms with van der Waals surface area (Å²) in [5.41, 5.74) is 1.18. The fourth-order valence-corrected chi connectivity index (χ4v) is 3.18. The zero-order chi connectivity index (χ0) is 14.3. The normalized spacial score (nSPS) is 43.6. The molecule has 2 fully saturated rings. The zero-order valence-corrected chi connectivity index (χ0v) is 11.6. The van der Waals surface area contributed by atoms with E-state index in [1.54, 1.807) is 0 Å². The Morgan fingerprint density at radius 3 is 2.53 bits per heavy atom. The molecule has 3 rings (SSSR count). The summed E-state index contributed by atoms with van der Waals surface area (Å²) >= 11 is 0. The molecule has 1 saturated carbocycles. The van der Waals surface area contributed by atoms with Crippen molar-refractivity contribution in [3.63, 3.8) is 0 Å². The monoisotopic (exact) mass is 259 g/mol. The molecule has 1 aliphatic heterocycles. The Morgan fingerprint density at radius 1 is 1.32 bits per heavy atom. The fourth-order valence-electron chi connectivity index (χ4n) is 3.18. The molecule has 2 nitrogen and oxygen atoms in total. The molecule has 0 bridgehead atoms. The summed E-state index contributed by atoms with van der Waals surface area (Å²) in [7, 11) is 0. The van der Waals surface area contributed by atoms with Crippen LogP contribution in [0.1, 0.15) is 39.5 Å². The molecule has 102 valence electrons.